The number of aromatic nitrogens is 1. The molecule has 14 rings (SSSR count). The van der Waals surface area contributed by atoms with Crippen LogP contribution in [-0.4, -0.2) is 4.57 Å². The highest BCUT2D eigenvalue weighted by atomic mass is 32.1. The molecule has 0 aliphatic carbocycles. The number of hydrogen-bond donors (Lipinski definition) is 0. The molecule has 0 spiro atoms. The molecular formula is C66H42N2OS. The lowest BCUT2D eigenvalue weighted by Crippen LogP contribution is -2.10. The van der Waals surface area contributed by atoms with Crippen LogP contribution in [0.15, 0.2) is 259 Å². The Bertz CT molecular complexity index is 4240. The van der Waals surface area contributed by atoms with E-state index >= 15 is 0 Å². The van der Waals surface area contributed by atoms with Gasteiger partial charge in [-0.15, -0.1) is 11.3 Å². The minimum atomic E-state index is 0.853. The van der Waals surface area contributed by atoms with Gasteiger partial charge in [-0.2, -0.15) is 0 Å². The number of anilines is 3. The zero-order valence-electron chi connectivity index (χ0n) is 38.0. The van der Waals surface area contributed by atoms with E-state index < -0.39 is 0 Å². The number of furan rings is 1. The molecule has 328 valence electrons. The first-order valence-electron chi connectivity index (χ1n) is 23.8. The van der Waals surface area contributed by atoms with Crippen LogP contribution in [0.5, 0.6) is 0 Å². The second kappa shape index (κ2) is 16.4. The van der Waals surface area contributed by atoms with Crippen LogP contribution < -0.4 is 4.90 Å². The first-order chi connectivity index (χ1) is 34.7. The first-order valence-corrected chi connectivity index (χ1v) is 24.6. The molecule has 0 N–H and O–H groups in total. The van der Waals surface area contributed by atoms with Gasteiger partial charge >= 0.3 is 0 Å². The fourth-order valence-electron chi connectivity index (χ4n) is 10.7. The van der Waals surface area contributed by atoms with Crippen molar-refractivity contribution in [2.45, 2.75) is 0 Å². The minimum Gasteiger partial charge on any atom is -0.454 e. The fourth-order valence-corrected chi connectivity index (χ4v) is 11.9. The Morgan fingerprint density at radius 2 is 0.943 bits per heavy atom. The molecule has 0 unspecified atom stereocenters. The van der Waals surface area contributed by atoms with Crippen LogP contribution in [-0.2, 0) is 0 Å². The zero-order valence-corrected chi connectivity index (χ0v) is 38.8. The van der Waals surface area contributed by atoms with Gasteiger partial charge in [-0.05, 0) is 118 Å². The smallest absolute Gasteiger partial charge is 0.159 e. The summed E-state index contributed by atoms with van der Waals surface area (Å²) in [5, 5.41) is 7.09. The fraction of sp³-hybridized carbons (Fsp3) is 0. The lowest BCUT2D eigenvalue weighted by Gasteiger charge is -2.27. The van der Waals surface area contributed by atoms with E-state index in [9.17, 15) is 0 Å². The van der Waals surface area contributed by atoms with E-state index in [0.717, 1.165) is 61.3 Å². The maximum absolute atomic E-state index is 6.83. The van der Waals surface area contributed by atoms with E-state index in [-0.39, 0.29) is 0 Å². The molecule has 3 nitrogen and oxygen atoms in total. The summed E-state index contributed by atoms with van der Waals surface area (Å²) in [6.07, 6.45) is 0. The highest BCUT2D eigenvalue weighted by molar-refractivity contribution is 7.26. The molecule has 3 aromatic heterocycles. The molecule has 0 saturated heterocycles. The van der Waals surface area contributed by atoms with Crippen LogP contribution >= 0.6 is 11.3 Å². The molecule has 0 fully saturated rings. The van der Waals surface area contributed by atoms with Crippen LogP contribution in [0.3, 0.4) is 0 Å². The summed E-state index contributed by atoms with van der Waals surface area (Å²) in [7, 11) is 0. The third-order valence-corrected chi connectivity index (χ3v) is 15.2. The van der Waals surface area contributed by atoms with Crippen molar-refractivity contribution in [3.8, 4) is 50.2 Å². The molecule has 0 aliphatic heterocycles. The quantitative estimate of drug-likeness (QED) is 0.151. The van der Waals surface area contributed by atoms with Gasteiger partial charge in [0.25, 0.3) is 0 Å². The van der Waals surface area contributed by atoms with Crippen molar-refractivity contribution in [1.82, 2.24) is 4.57 Å². The van der Waals surface area contributed by atoms with Gasteiger partial charge in [0.1, 0.15) is 5.58 Å². The van der Waals surface area contributed by atoms with Gasteiger partial charge in [0.2, 0.25) is 0 Å². The van der Waals surface area contributed by atoms with Crippen molar-refractivity contribution in [3.05, 3.63) is 255 Å². The number of fused-ring (bicyclic) bond motifs is 9. The number of nitrogens with zero attached hydrogens (tertiary/aromatic N) is 2. The standard InChI is InChI=1S/C66H42N2OS/c1-4-18-43(19-5-1)46-24-16-25-50(37-46)67(62-31-17-29-56-54-27-11-14-32-63(54)69-65(56)62)52-41-57(66-59(42-52)55-28-12-15-33-64(55)70-66)47-34-35-61-58(40-47)53-26-10-13-30-60(53)68(61)51-38-48(44-20-6-2-7-21-44)36-49(39-51)45-22-8-3-9-23-45/h1-42H. The molecule has 70 heavy (non-hydrogen) atoms. The van der Waals surface area contributed by atoms with Gasteiger partial charge in [0, 0.05) is 64.3 Å². The van der Waals surface area contributed by atoms with Crippen LogP contribution in [0.1, 0.15) is 0 Å². The Hall–Kier alpha value is -8.96. The Labute approximate surface area is 409 Å². The number of thiophene rings is 1. The molecule has 14 aromatic rings. The van der Waals surface area contributed by atoms with E-state index in [1.54, 1.807) is 0 Å². The largest absolute Gasteiger partial charge is 0.454 e. The maximum atomic E-state index is 6.83. The van der Waals surface area contributed by atoms with E-state index in [4.69, 9.17) is 4.42 Å². The van der Waals surface area contributed by atoms with Gasteiger partial charge in [0.05, 0.1) is 16.7 Å². The molecule has 0 atom stereocenters. The monoisotopic (exact) mass is 910 g/mol. The normalized spacial score (nSPS) is 11.7. The lowest BCUT2D eigenvalue weighted by molar-refractivity contribution is 0.669. The summed E-state index contributed by atoms with van der Waals surface area (Å²) < 4.78 is 11.8. The van der Waals surface area contributed by atoms with Crippen LogP contribution in [0.4, 0.5) is 17.1 Å². The number of hydrogen-bond acceptors (Lipinski definition) is 3. The molecule has 4 heteroatoms. The van der Waals surface area contributed by atoms with Gasteiger partial charge in [-0.3, -0.25) is 0 Å². The summed E-state index contributed by atoms with van der Waals surface area (Å²) in [5.41, 5.74) is 17.7. The van der Waals surface area contributed by atoms with Crippen LogP contribution in [0.2, 0.25) is 0 Å². The highest BCUT2D eigenvalue weighted by Gasteiger charge is 2.24. The second-order valence-corrected chi connectivity index (χ2v) is 19.1. The second-order valence-electron chi connectivity index (χ2n) is 18.1. The van der Waals surface area contributed by atoms with E-state index in [0.29, 0.717) is 0 Å². The molecule has 3 heterocycles. The van der Waals surface area contributed by atoms with Crippen molar-refractivity contribution in [2.24, 2.45) is 0 Å². The van der Waals surface area contributed by atoms with E-state index in [1.165, 1.54) is 69.8 Å². The third kappa shape index (κ3) is 6.64. The molecule has 0 radical (unpaired) electrons. The number of rotatable bonds is 8. The summed E-state index contributed by atoms with van der Waals surface area (Å²) in [6.45, 7) is 0. The lowest BCUT2D eigenvalue weighted by atomic mass is 9.97. The van der Waals surface area contributed by atoms with E-state index in [1.807, 2.05) is 17.4 Å². The summed E-state index contributed by atoms with van der Waals surface area (Å²) in [6, 6.07) is 92.5. The average molecular weight is 911 g/mol. The topological polar surface area (TPSA) is 21.3 Å². The number of para-hydroxylation sites is 3. The Morgan fingerprint density at radius 1 is 0.343 bits per heavy atom. The predicted octanol–water partition coefficient (Wildman–Crippen LogP) is 19.2. The van der Waals surface area contributed by atoms with Crippen LogP contribution in [0.25, 0.3) is 114 Å². The predicted molar refractivity (Wildman–Crippen MR) is 297 cm³/mol. The first kappa shape index (κ1) is 40.1. The van der Waals surface area contributed by atoms with Crippen molar-refractivity contribution in [1.29, 1.82) is 0 Å². The van der Waals surface area contributed by atoms with E-state index in [2.05, 4.69) is 258 Å². The molecule has 11 aromatic carbocycles. The highest BCUT2D eigenvalue weighted by Crippen LogP contribution is 2.49. The molecule has 0 saturated carbocycles. The molecule has 0 bridgehead atoms. The van der Waals surface area contributed by atoms with Crippen molar-refractivity contribution in [2.75, 3.05) is 4.90 Å². The Kier molecular flexibility index (Phi) is 9.39. The van der Waals surface area contributed by atoms with Crippen molar-refractivity contribution in [3.63, 3.8) is 0 Å². The summed E-state index contributed by atoms with van der Waals surface area (Å²) in [5.74, 6) is 0. The van der Waals surface area contributed by atoms with Gasteiger partial charge in [0.15, 0.2) is 5.58 Å². The van der Waals surface area contributed by atoms with Crippen LogP contribution in [0, 0.1) is 0 Å². The molecule has 0 amide bonds. The van der Waals surface area contributed by atoms with Crippen molar-refractivity contribution >= 4 is 92.3 Å². The maximum Gasteiger partial charge on any atom is 0.159 e. The minimum absolute atomic E-state index is 0.853. The summed E-state index contributed by atoms with van der Waals surface area (Å²) in [4.78, 5) is 2.40. The third-order valence-electron chi connectivity index (χ3n) is 13.9. The Balaban J connectivity index is 1.01. The summed E-state index contributed by atoms with van der Waals surface area (Å²) >= 11 is 1.87. The molecular weight excluding hydrogens is 869 g/mol. The number of benzene rings is 11. The van der Waals surface area contributed by atoms with Gasteiger partial charge in [-0.25, -0.2) is 0 Å². The van der Waals surface area contributed by atoms with Gasteiger partial charge in [-0.1, -0.05) is 176 Å². The average Bonchev–Trinajstić information content (AvgIpc) is 4.12. The zero-order chi connectivity index (χ0) is 46.1. The Morgan fingerprint density at radius 3 is 1.70 bits per heavy atom. The van der Waals surface area contributed by atoms with Crippen molar-refractivity contribution < 1.29 is 4.42 Å². The molecule has 0 aliphatic rings. The SMILES string of the molecule is c1ccc(-c2cccc(N(c3cc(-c4ccc5c(c4)c4ccccc4n5-c4cc(-c5ccccc5)cc(-c5ccccc5)c4)c4sc5ccccc5c4c3)c3cccc4c3oc3ccccc34)c2)cc1. The van der Waals surface area contributed by atoms with Gasteiger partial charge < -0.3 is 13.9 Å².